The van der Waals surface area contributed by atoms with Crippen molar-refractivity contribution in [2.45, 2.75) is 26.9 Å². The molecule has 0 fully saturated rings. The maximum atomic E-state index is 11.9. The Labute approximate surface area is 121 Å². The van der Waals surface area contributed by atoms with Crippen LogP contribution >= 0.6 is 22.9 Å². The first-order valence-corrected chi connectivity index (χ1v) is 7.17. The summed E-state index contributed by atoms with van der Waals surface area (Å²) in [5, 5.41) is 0.368. The van der Waals surface area contributed by atoms with Crippen molar-refractivity contribution in [2.24, 2.45) is 0 Å². The van der Waals surface area contributed by atoms with Gasteiger partial charge in [0.05, 0.1) is 0 Å². The summed E-state index contributed by atoms with van der Waals surface area (Å²) in [4.78, 5) is 17.7. The van der Waals surface area contributed by atoms with Crippen LogP contribution in [0.4, 0.5) is 0 Å². The highest BCUT2D eigenvalue weighted by Crippen LogP contribution is 2.23. The first-order chi connectivity index (χ1) is 9.11. The van der Waals surface area contributed by atoms with Crippen molar-refractivity contribution >= 4 is 28.9 Å². The van der Waals surface area contributed by atoms with E-state index < -0.39 is 0 Å². The van der Waals surface area contributed by atoms with E-state index in [1.807, 2.05) is 13.0 Å². The van der Waals surface area contributed by atoms with Crippen LogP contribution in [-0.4, -0.2) is 11.0 Å². The minimum Gasteiger partial charge on any atom is -0.457 e. The van der Waals surface area contributed by atoms with Gasteiger partial charge in [0.2, 0.25) is 0 Å². The first-order valence-electron chi connectivity index (χ1n) is 5.97. The minimum absolute atomic E-state index is 0.143. The molecule has 0 aliphatic rings. The highest BCUT2D eigenvalue weighted by molar-refractivity contribution is 7.14. The lowest BCUT2D eigenvalue weighted by atomic mass is 10.2. The van der Waals surface area contributed by atoms with Gasteiger partial charge in [-0.2, -0.15) is 0 Å². The zero-order valence-corrected chi connectivity index (χ0v) is 12.3. The standard InChI is InChI=1S/C14H14ClNO2S/c1-3-11-9(2)7-12(19-11)14(17)18-8-10-5-4-6-16-13(10)15/h4-7H,3,8H2,1-2H3. The molecular formula is C14H14ClNO2S. The predicted molar refractivity (Wildman–Crippen MR) is 76.8 cm³/mol. The number of aromatic nitrogens is 1. The number of thiophene rings is 1. The Morgan fingerprint density at radius 2 is 2.32 bits per heavy atom. The number of hydrogen-bond acceptors (Lipinski definition) is 4. The van der Waals surface area contributed by atoms with Gasteiger partial charge in [-0.1, -0.05) is 24.6 Å². The lowest BCUT2D eigenvalue weighted by Crippen LogP contribution is -2.03. The van der Waals surface area contributed by atoms with Crippen molar-refractivity contribution < 1.29 is 9.53 Å². The van der Waals surface area contributed by atoms with E-state index in [0.29, 0.717) is 15.6 Å². The number of ether oxygens (including phenoxy) is 1. The molecule has 3 nitrogen and oxygen atoms in total. The number of pyridine rings is 1. The average Bonchev–Trinajstić information content (AvgIpc) is 2.79. The SMILES string of the molecule is CCc1sc(C(=O)OCc2cccnc2Cl)cc1C. The summed E-state index contributed by atoms with van der Waals surface area (Å²) < 4.78 is 5.25. The fraction of sp³-hybridized carbons (Fsp3) is 0.286. The van der Waals surface area contributed by atoms with Crippen LogP contribution in [0, 0.1) is 6.92 Å². The van der Waals surface area contributed by atoms with Crippen LogP contribution in [-0.2, 0) is 17.8 Å². The molecule has 0 radical (unpaired) electrons. The Hall–Kier alpha value is -1.39. The van der Waals surface area contributed by atoms with E-state index in [4.69, 9.17) is 16.3 Å². The maximum absolute atomic E-state index is 11.9. The number of halogens is 1. The van der Waals surface area contributed by atoms with E-state index in [9.17, 15) is 4.79 Å². The topological polar surface area (TPSA) is 39.2 Å². The van der Waals surface area contributed by atoms with E-state index in [1.165, 1.54) is 16.2 Å². The van der Waals surface area contributed by atoms with Crippen LogP contribution in [0.5, 0.6) is 0 Å². The highest BCUT2D eigenvalue weighted by Gasteiger charge is 2.13. The Balaban J connectivity index is 2.03. The summed E-state index contributed by atoms with van der Waals surface area (Å²) in [5.41, 5.74) is 1.85. The van der Waals surface area contributed by atoms with Gasteiger partial charge >= 0.3 is 5.97 Å². The molecule has 0 unspecified atom stereocenters. The second-order valence-electron chi connectivity index (χ2n) is 4.10. The molecule has 0 saturated carbocycles. The van der Waals surface area contributed by atoms with Crippen LogP contribution in [0.15, 0.2) is 24.4 Å². The fourth-order valence-corrected chi connectivity index (χ4v) is 2.89. The van der Waals surface area contributed by atoms with Crippen molar-refractivity contribution in [3.8, 4) is 0 Å². The first kappa shape index (κ1) is 14.0. The quantitative estimate of drug-likeness (QED) is 0.631. The number of carbonyl (C=O) groups excluding carboxylic acids is 1. The molecule has 5 heteroatoms. The van der Waals surface area contributed by atoms with E-state index in [0.717, 1.165) is 12.0 Å². The van der Waals surface area contributed by atoms with E-state index in [1.54, 1.807) is 18.3 Å². The van der Waals surface area contributed by atoms with Gasteiger partial charge in [-0.15, -0.1) is 11.3 Å². The summed E-state index contributed by atoms with van der Waals surface area (Å²) in [7, 11) is 0. The molecule has 100 valence electrons. The summed E-state index contributed by atoms with van der Waals surface area (Å²) in [6, 6.07) is 5.43. The number of rotatable bonds is 4. The van der Waals surface area contributed by atoms with Crippen molar-refractivity contribution in [3.63, 3.8) is 0 Å². The monoisotopic (exact) mass is 295 g/mol. The Morgan fingerprint density at radius 3 is 2.95 bits per heavy atom. The normalized spacial score (nSPS) is 10.5. The van der Waals surface area contributed by atoms with Gasteiger partial charge in [0, 0.05) is 16.6 Å². The number of esters is 1. The molecule has 2 aromatic rings. The number of hydrogen-bond donors (Lipinski definition) is 0. The summed E-state index contributed by atoms with van der Waals surface area (Å²) in [5.74, 6) is -0.312. The molecule has 0 aliphatic carbocycles. The number of aryl methyl sites for hydroxylation is 2. The van der Waals surface area contributed by atoms with E-state index in [2.05, 4.69) is 11.9 Å². The third-order valence-corrected chi connectivity index (χ3v) is 4.44. The summed E-state index contributed by atoms with van der Waals surface area (Å²) >= 11 is 7.39. The molecule has 2 heterocycles. The van der Waals surface area contributed by atoms with Crippen molar-refractivity contribution in [3.05, 3.63) is 50.4 Å². The highest BCUT2D eigenvalue weighted by atomic mass is 35.5. The molecule has 0 N–H and O–H groups in total. The zero-order valence-electron chi connectivity index (χ0n) is 10.8. The molecule has 0 atom stereocenters. The molecule has 0 aromatic carbocycles. The lowest BCUT2D eigenvalue weighted by molar-refractivity contribution is 0.0478. The van der Waals surface area contributed by atoms with E-state index in [-0.39, 0.29) is 12.6 Å². The third kappa shape index (κ3) is 3.33. The lowest BCUT2D eigenvalue weighted by Gasteiger charge is -2.04. The zero-order chi connectivity index (χ0) is 13.8. The van der Waals surface area contributed by atoms with Gasteiger partial charge in [-0.3, -0.25) is 0 Å². The number of nitrogens with zero attached hydrogens (tertiary/aromatic N) is 1. The van der Waals surface area contributed by atoms with Crippen molar-refractivity contribution in [1.29, 1.82) is 0 Å². The molecule has 0 spiro atoms. The van der Waals surface area contributed by atoms with Gasteiger partial charge in [-0.05, 0) is 31.0 Å². The van der Waals surface area contributed by atoms with Crippen LogP contribution < -0.4 is 0 Å². The third-order valence-electron chi connectivity index (χ3n) is 2.74. The van der Waals surface area contributed by atoms with E-state index >= 15 is 0 Å². The summed E-state index contributed by atoms with van der Waals surface area (Å²) in [6.45, 7) is 4.22. The van der Waals surface area contributed by atoms with Crippen LogP contribution in [0.3, 0.4) is 0 Å². The Kier molecular flexibility index (Phi) is 4.56. The van der Waals surface area contributed by atoms with Gasteiger partial charge in [0.15, 0.2) is 0 Å². The van der Waals surface area contributed by atoms with Crippen LogP contribution in [0.2, 0.25) is 5.15 Å². The molecule has 0 amide bonds. The molecule has 19 heavy (non-hydrogen) atoms. The van der Waals surface area contributed by atoms with Gasteiger partial charge in [0.1, 0.15) is 16.6 Å². The smallest absolute Gasteiger partial charge is 0.348 e. The predicted octanol–water partition coefficient (Wildman–Crippen LogP) is 4.02. The Morgan fingerprint density at radius 1 is 1.53 bits per heavy atom. The summed E-state index contributed by atoms with van der Waals surface area (Å²) in [6.07, 6.45) is 2.53. The van der Waals surface area contributed by atoms with Gasteiger partial charge < -0.3 is 4.74 Å². The molecule has 2 aromatic heterocycles. The largest absolute Gasteiger partial charge is 0.457 e. The molecule has 0 saturated heterocycles. The average molecular weight is 296 g/mol. The van der Waals surface area contributed by atoms with Gasteiger partial charge in [-0.25, -0.2) is 9.78 Å². The second kappa shape index (κ2) is 6.17. The Bertz CT molecular complexity index is 595. The molecule has 0 aliphatic heterocycles. The second-order valence-corrected chi connectivity index (χ2v) is 5.59. The van der Waals surface area contributed by atoms with Crippen LogP contribution in [0.1, 0.15) is 32.6 Å². The number of carbonyl (C=O) groups is 1. The van der Waals surface area contributed by atoms with Crippen LogP contribution in [0.25, 0.3) is 0 Å². The fourth-order valence-electron chi connectivity index (χ4n) is 1.71. The molecule has 2 rings (SSSR count). The molecular weight excluding hydrogens is 282 g/mol. The van der Waals surface area contributed by atoms with Crippen molar-refractivity contribution in [1.82, 2.24) is 4.98 Å². The molecule has 0 bridgehead atoms. The van der Waals surface area contributed by atoms with Crippen molar-refractivity contribution in [2.75, 3.05) is 0 Å². The van der Waals surface area contributed by atoms with Gasteiger partial charge in [0.25, 0.3) is 0 Å². The minimum atomic E-state index is -0.312. The maximum Gasteiger partial charge on any atom is 0.348 e.